The largest absolute Gasteiger partial charge is 0.489 e. The summed E-state index contributed by atoms with van der Waals surface area (Å²) in [6, 6.07) is 24.9. The fourth-order valence-corrected chi connectivity index (χ4v) is 2.37. The molecule has 0 bridgehead atoms. The van der Waals surface area contributed by atoms with Gasteiger partial charge in [0.1, 0.15) is 12.4 Å². The zero-order valence-electron chi connectivity index (χ0n) is 13.5. The number of ether oxygens (including phenoxy) is 1. The summed E-state index contributed by atoms with van der Waals surface area (Å²) in [6.45, 7) is 2.50. The van der Waals surface area contributed by atoms with Gasteiger partial charge in [0.05, 0.1) is 0 Å². The van der Waals surface area contributed by atoms with Crippen molar-refractivity contribution in [1.29, 1.82) is 0 Å². The zero-order chi connectivity index (χ0) is 16.8. The first-order valence-electron chi connectivity index (χ1n) is 7.85. The molecule has 3 heteroatoms. The number of hydrogen-bond acceptors (Lipinski definition) is 2. The quantitative estimate of drug-likeness (QED) is 0.732. The molecule has 120 valence electrons. The van der Waals surface area contributed by atoms with Crippen molar-refractivity contribution in [2.75, 3.05) is 5.32 Å². The van der Waals surface area contributed by atoms with E-state index in [1.54, 1.807) is 12.1 Å². The van der Waals surface area contributed by atoms with Crippen molar-refractivity contribution in [1.82, 2.24) is 0 Å². The molecule has 0 aromatic heterocycles. The first kappa shape index (κ1) is 15.8. The van der Waals surface area contributed by atoms with Crippen molar-refractivity contribution in [3.05, 3.63) is 95.6 Å². The molecule has 1 N–H and O–H groups in total. The fourth-order valence-electron chi connectivity index (χ4n) is 2.37. The molecule has 0 aliphatic heterocycles. The van der Waals surface area contributed by atoms with Crippen molar-refractivity contribution >= 4 is 11.6 Å². The maximum atomic E-state index is 12.3. The van der Waals surface area contributed by atoms with Gasteiger partial charge in [0.2, 0.25) is 0 Å². The summed E-state index contributed by atoms with van der Waals surface area (Å²) in [7, 11) is 0. The molecular weight excluding hydrogens is 298 g/mol. The topological polar surface area (TPSA) is 38.3 Å². The van der Waals surface area contributed by atoms with Crippen LogP contribution in [0.3, 0.4) is 0 Å². The third-order valence-electron chi connectivity index (χ3n) is 3.64. The fraction of sp³-hybridized carbons (Fsp3) is 0.0952. The molecule has 0 aliphatic rings. The third kappa shape index (κ3) is 4.23. The molecule has 0 saturated heterocycles. The maximum Gasteiger partial charge on any atom is 0.255 e. The number of anilines is 1. The number of carbonyl (C=O) groups excluding carboxylic acids is 1. The van der Waals surface area contributed by atoms with Crippen LogP contribution >= 0.6 is 0 Å². The Kier molecular flexibility index (Phi) is 4.92. The number of rotatable bonds is 5. The Hall–Kier alpha value is -3.07. The molecule has 3 rings (SSSR count). The molecule has 24 heavy (non-hydrogen) atoms. The Morgan fingerprint density at radius 3 is 2.38 bits per heavy atom. The highest BCUT2D eigenvalue weighted by Crippen LogP contribution is 2.16. The number of carbonyl (C=O) groups is 1. The predicted octanol–water partition coefficient (Wildman–Crippen LogP) is 4.83. The van der Waals surface area contributed by atoms with Crippen LogP contribution in [0.1, 0.15) is 21.5 Å². The number of amides is 1. The van der Waals surface area contributed by atoms with Crippen LogP contribution in [0, 0.1) is 6.92 Å². The van der Waals surface area contributed by atoms with Gasteiger partial charge in [-0.2, -0.15) is 0 Å². The summed E-state index contributed by atoms with van der Waals surface area (Å²) in [5.41, 5.74) is 3.61. The van der Waals surface area contributed by atoms with Gasteiger partial charge in [-0.3, -0.25) is 4.79 Å². The highest BCUT2D eigenvalue weighted by atomic mass is 16.5. The summed E-state index contributed by atoms with van der Waals surface area (Å²) < 4.78 is 5.73. The van der Waals surface area contributed by atoms with Crippen molar-refractivity contribution in [3.8, 4) is 5.75 Å². The van der Waals surface area contributed by atoms with Gasteiger partial charge in [-0.05, 0) is 54.4 Å². The van der Waals surface area contributed by atoms with Crippen LogP contribution in [0.2, 0.25) is 0 Å². The minimum atomic E-state index is -0.129. The molecule has 0 atom stereocenters. The Morgan fingerprint density at radius 2 is 1.67 bits per heavy atom. The van der Waals surface area contributed by atoms with Gasteiger partial charge >= 0.3 is 0 Å². The summed E-state index contributed by atoms with van der Waals surface area (Å²) in [5.74, 6) is 0.612. The second kappa shape index (κ2) is 7.47. The summed E-state index contributed by atoms with van der Waals surface area (Å²) in [4.78, 5) is 12.3. The van der Waals surface area contributed by atoms with Gasteiger partial charge < -0.3 is 10.1 Å². The lowest BCUT2D eigenvalue weighted by molar-refractivity contribution is 0.102. The lowest BCUT2D eigenvalue weighted by atomic mass is 10.2. The molecule has 0 unspecified atom stereocenters. The Balaban J connectivity index is 1.60. The van der Waals surface area contributed by atoms with E-state index < -0.39 is 0 Å². The smallest absolute Gasteiger partial charge is 0.255 e. The van der Waals surface area contributed by atoms with E-state index in [9.17, 15) is 4.79 Å². The lowest BCUT2D eigenvalue weighted by Gasteiger charge is -2.08. The lowest BCUT2D eigenvalue weighted by Crippen LogP contribution is -2.11. The van der Waals surface area contributed by atoms with E-state index >= 15 is 0 Å². The van der Waals surface area contributed by atoms with Crippen LogP contribution < -0.4 is 10.1 Å². The number of aryl methyl sites for hydroxylation is 1. The van der Waals surface area contributed by atoms with Crippen LogP contribution in [0.5, 0.6) is 5.75 Å². The first-order valence-corrected chi connectivity index (χ1v) is 7.85. The van der Waals surface area contributed by atoms with Crippen LogP contribution in [-0.2, 0) is 6.61 Å². The second-order valence-electron chi connectivity index (χ2n) is 5.62. The van der Waals surface area contributed by atoms with Gasteiger partial charge in [0, 0.05) is 11.3 Å². The van der Waals surface area contributed by atoms with E-state index in [4.69, 9.17) is 4.74 Å². The van der Waals surface area contributed by atoms with Gasteiger partial charge in [0.15, 0.2) is 0 Å². The number of nitrogens with one attached hydrogen (secondary N) is 1. The van der Waals surface area contributed by atoms with E-state index in [-0.39, 0.29) is 5.91 Å². The minimum absolute atomic E-state index is 0.129. The molecule has 0 heterocycles. The molecule has 0 aliphatic carbocycles. The normalized spacial score (nSPS) is 10.2. The Bertz CT molecular complexity index is 811. The molecular formula is C21H19NO2. The summed E-state index contributed by atoms with van der Waals surface area (Å²) in [5, 5.41) is 2.90. The number of benzene rings is 3. The monoisotopic (exact) mass is 317 g/mol. The molecule has 3 nitrogen and oxygen atoms in total. The molecule has 0 fully saturated rings. The van der Waals surface area contributed by atoms with Crippen molar-refractivity contribution in [3.63, 3.8) is 0 Å². The standard InChI is InChI=1S/C21H19NO2/c1-16-6-5-9-19(14-16)22-21(23)18-10-12-20(13-11-18)24-15-17-7-3-2-4-8-17/h2-14H,15H2,1H3,(H,22,23). The Labute approximate surface area is 141 Å². The highest BCUT2D eigenvalue weighted by Gasteiger charge is 2.06. The minimum Gasteiger partial charge on any atom is -0.489 e. The van der Waals surface area contributed by atoms with Gasteiger partial charge in [-0.25, -0.2) is 0 Å². The van der Waals surface area contributed by atoms with Crippen LogP contribution in [-0.4, -0.2) is 5.91 Å². The molecule has 0 saturated carbocycles. The van der Waals surface area contributed by atoms with E-state index in [0.717, 1.165) is 22.6 Å². The van der Waals surface area contributed by atoms with Crippen molar-refractivity contribution in [2.24, 2.45) is 0 Å². The third-order valence-corrected chi connectivity index (χ3v) is 3.64. The van der Waals surface area contributed by atoms with E-state index in [2.05, 4.69) is 5.32 Å². The molecule has 1 amide bonds. The first-order chi connectivity index (χ1) is 11.7. The molecule has 3 aromatic rings. The van der Waals surface area contributed by atoms with Gasteiger partial charge in [-0.15, -0.1) is 0 Å². The summed E-state index contributed by atoms with van der Waals surface area (Å²) >= 11 is 0. The molecule has 3 aromatic carbocycles. The SMILES string of the molecule is Cc1cccc(NC(=O)c2ccc(OCc3ccccc3)cc2)c1. The maximum absolute atomic E-state index is 12.3. The Morgan fingerprint density at radius 1 is 0.917 bits per heavy atom. The summed E-state index contributed by atoms with van der Waals surface area (Å²) in [6.07, 6.45) is 0. The van der Waals surface area contributed by atoms with E-state index in [1.807, 2.05) is 73.7 Å². The van der Waals surface area contributed by atoms with Gasteiger partial charge in [-0.1, -0.05) is 42.5 Å². The van der Waals surface area contributed by atoms with E-state index in [1.165, 1.54) is 0 Å². The molecule has 0 radical (unpaired) electrons. The highest BCUT2D eigenvalue weighted by molar-refractivity contribution is 6.04. The average Bonchev–Trinajstić information content (AvgIpc) is 2.61. The zero-order valence-corrected chi connectivity index (χ0v) is 13.5. The average molecular weight is 317 g/mol. The molecule has 0 spiro atoms. The number of hydrogen-bond donors (Lipinski definition) is 1. The predicted molar refractivity (Wildman–Crippen MR) is 96.3 cm³/mol. The van der Waals surface area contributed by atoms with Crippen LogP contribution in [0.4, 0.5) is 5.69 Å². The van der Waals surface area contributed by atoms with Crippen LogP contribution in [0.25, 0.3) is 0 Å². The van der Waals surface area contributed by atoms with Crippen LogP contribution in [0.15, 0.2) is 78.9 Å². The van der Waals surface area contributed by atoms with Crippen molar-refractivity contribution < 1.29 is 9.53 Å². The van der Waals surface area contributed by atoms with E-state index in [0.29, 0.717) is 12.2 Å². The second-order valence-corrected chi connectivity index (χ2v) is 5.62. The van der Waals surface area contributed by atoms with Crippen molar-refractivity contribution in [2.45, 2.75) is 13.5 Å². The van der Waals surface area contributed by atoms with Gasteiger partial charge in [0.25, 0.3) is 5.91 Å².